The Hall–Kier alpha value is -4.04. The van der Waals surface area contributed by atoms with Crippen LogP contribution >= 0.6 is 0 Å². The number of methoxy groups -OCH3 is 2. The first-order chi connectivity index (χ1) is 15.7. The third-order valence-corrected chi connectivity index (χ3v) is 5.57. The summed E-state index contributed by atoms with van der Waals surface area (Å²) in [6.07, 6.45) is 1.62. The van der Waals surface area contributed by atoms with Crippen LogP contribution in [-0.4, -0.2) is 44.2 Å². The Balaban J connectivity index is 1.54. The molecule has 1 atom stereocenters. The molecule has 0 amide bonds. The van der Waals surface area contributed by atoms with Crippen molar-refractivity contribution in [1.29, 1.82) is 0 Å². The number of aromatic nitrogens is 6. The molecule has 2 aromatic carbocycles. The van der Waals surface area contributed by atoms with Crippen LogP contribution in [-0.2, 0) is 4.74 Å². The molecular weight excluding hydrogens is 404 g/mol. The average molecular weight is 426 g/mol. The van der Waals surface area contributed by atoms with Gasteiger partial charge in [0.15, 0.2) is 0 Å². The standard InChI is InChI=1S/C24H22N6O2/c1-15-8-13-20(30-14-21(31-2)25-24(15)30)22(32-3)17-11-9-16(10-12-17)18-6-4-5-7-19(18)23-26-28-29-27-23/h4-14,22H,1-3H3,(H,26,27,28,29)/t22-/m1/s1. The van der Waals surface area contributed by atoms with Crippen LogP contribution in [0.2, 0.25) is 0 Å². The van der Waals surface area contributed by atoms with Gasteiger partial charge < -0.3 is 9.47 Å². The van der Waals surface area contributed by atoms with Gasteiger partial charge in [-0.1, -0.05) is 54.6 Å². The maximum atomic E-state index is 5.92. The van der Waals surface area contributed by atoms with Gasteiger partial charge in [0.1, 0.15) is 11.8 Å². The first kappa shape index (κ1) is 19.9. The lowest BCUT2D eigenvalue weighted by atomic mass is 9.96. The predicted molar refractivity (Wildman–Crippen MR) is 120 cm³/mol. The molecule has 0 unspecified atom stereocenters. The third kappa shape index (κ3) is 3.40. The Bertz CT molecular complexity index is 1360. The summed E-state index contributed by atoms with van der Waals surface area (Å²) >= 11 is 0. The molecule has 0 aliphatic rings. The van der Waals surface area contributed by atoms with Crippen LogP contribution in [0, 0.1) is 6.92 Å². The van der Waals surface area contributed by atoms with Crippen LogP contribution < -0.4 is 4.74 Å². The van der Waals surface area contributed by atoms with Crippen LogP contribution in [0.1, 0.15) is 22.9 Å². The van der Waals surface area contributed by atoms with E-state index in [9.17, 15) is 0 Å². The molecule has 0 fully saturated rings. The molecule has 0 spiro atoms. The lowest BCUT2D eigenvalue weighted by molar-refractivity contribution is 0.132. The van der Waals surface area contributed by atoms with Crippen molar-refractivity contribution in [3.8, 4) is 28.4 Å². The lowest BCUT2D eigenvalue weighted by Gasteiger charge is -2.19. The highest BCUT2D eigenvalue weighted by atomic mass is 16.5. The van der Waals surface area contributed by atoms with E-state index in [0.29, 0.717) is 11.7 Å². The van der Waals surface area contributed by atoms with Crippen molar-refractivity contribution < 1.29 is 9.47 Å². The van der Waals surface area contributed by atoms with Gasteiger partial charge in [-0.15, -0.1) is 10.2 Å². The highest BCUT2D eigenvalue weighted by Crippen LogP contribution is 2.33. The van der Waals surface area contributed by atoms with Crippen molar-refractivity contribution in [2.24, 2.45) is 0 Å². The second kappa shape index (κ2) is 8.24. The molecule has 8 nitrogen and oxygen atoms in total. The van der Waals surface area contributed by atoms with E-state index in [1.54, 1.807) is 14.2 Å². The number of ether oxygens (including phenoxy) is 2. The van der Waals surface area contributed by atoms with E-state index in [-0.39, 0.29) is 6.10 Å². The van der Waals surface area contributed by atoms with Gasteiger partial charge >= 0.3 is 0 Å². The Kier molecular flexibility index (Phi) is 5.12. The normalized spacial score (nSPS) is 12.2. The molecule has 0 aliphatic heterocycles. The van der Waals surface area contributed by atoms with Gasteiger partial charge in [0.25, 0.3) is 0 Å². The van der Waals surface area contributed by atoms with Crippen molar-refractivity contribution in [2.45, 2.75) is 13.0 Å². The Labute approximate surface area is 184 Å². The minimum absolute atomic E-state index is 0.265. The van der Waals surface area contributed by atoms with E-state index < -0.39 is 0 Å². The fraction of sp³-hybridized carbons (Fsp3) is 0.167. The smallest absolute Gasteiger partial charge is 0.232 e. The monoisotopic (exact) mass is 426 g/mol. The van der Waals surface area contributed by atoms with Crippen LogP contribution in [0.4, 0.5) is 0 Å². The van der Waals surface area contributed by atoms with E-state index in [1.807, 2.05) is 35.7 Å². The fourth-order valence-corrected chi connectivity index (χ4v) is 3.98. The molecule has 160 valence electrons. The number of H-pyrrole nitrogens is 1. The zero-order valence-electron chi connectivity index (χ0n) is 18.0. The number of fused-ring (bicyclic) bond motifs is 1. The number of aromatic amines is 1. The summed E-state index contributed by atoms with van der Waals surface area (Å²) in [7, 11) is 3.33. The summed E-state index contributed by atoms with van der Waals surface area (Å²) < 4.78 is 13.3. The first-order valence-corrected chi connectivity index (χ1v) is 10.2. The number of tetrazole rings is 1. The second-order valence-electron chi connectivity index (χ2n) is 7.44. The first-order valence-electron chi connectivity index (χ1n) is 10.2. The van der Waals surface area contributed by atoms with Gasteiger partial charge in [-0.2, -0.15) is 10.2 Å². The molecule has 3 aromatic heterocycles. The minimum Gasteiger partial charge on any atom is -0.480 e. The summed E-state index contributed by atoms with van der Waals surface area (Å²) in [5.41, 5.74) is 6.94. The van der Waals surface area contributed by atoms with E-state index in [2.05, 4.69) is 68.1 Å². The fourth-order valence-electron chi connectivity index (χ4n) is 3.98. The zero-order chi connectivity index (χ0) is 22.1. The minimum atomic E-state index is -0.265. The van der Waals surface area contributed by atoms with Gasteiger partial charge in [-0.25, -0.2) is 0 Å². The topological polar surface area (TPSA) is 90.2 Å². The number of imidazole rings is 1. The van der Waals surface area contributed by atoms with E-state index >= 15 is 0 Å². The molecule has 3 heterocycles. The number of benzene rings is 2. The number of rotatable bonds is 6. The van der Waals surface area contributed by atoms with Crippen LogP contribution in [0.5, 0.6) is 5.88 Å². The van der Waals surface area contributed by atoms with Crippen molar-refractivity contribution in [3.63, 3.8) is 0 Å². The lowest BCUT2D eigenvalue weighted by Crippen LogP contribution is -2.09. The number of hydrogen-bond acceptors (Lipinski definition) is 6. The van der Waals surface area contributed by atoms with Gasteiger partial charge in [-0.3, -0.25) is 4.40 Å². The van der Waals surface area contributed by atoms with Crippen molar-refractivity contribution in [1.82, 2.24) is 30.0 Å². The average Bonchev–Trinajstić information content (AvgIpc) is 3.52. The number of aryl methyl sites for hydroxylation is 1. The van der Waals surface area contributed by atoms with Gasteiger partial charge in [-0.05, 0) is 40.5 Å². The second-order valence-corrected chi connectivity index (χ2v) is 7.44. The molecule has 1 N–H and O–H groups in total. The number of nitrogens with zero attached hydrogens (tertiary/aromatic N) is 5. The summed E-state index contributed by atoms with van der Waals surface area (Å²) in [6, 6.07) is 20.5. The van der Waals surface area contributed by atoms with E-state index in [0.717, 1.165) is 39.2 Å². The molecule has 0 saturated carbocycles. The summed E-state index contributed by atoms with van der Waals surface area (Å²) in [6.45, 7) is 2.03. The molecule has 5 aromatic rings. The van der Waals surface area contributed by atoms with Crippen LogP contribution in [0.15, 0.2) is 66.9 Å². The van der Waals surface area contributed by atoms with Gasteiger partial charge in [0.05, 0.1) is 19.0 Å². The number of pyridine rings is 1. The van der Waals surface area contributed by atoms with E-state index in [1.165, 1.54) is 0 Å². The molecule has 0 aliphatic carbocycles. The molecular formula is C24H22N6O2. The maximum absolute atomic E-state index is 5.92. The van der Waals surface area contributed by atoms with Crippen LogP contribution in [0.3, 0.4) is 0 Å². The van der Waals surface area contributed by atoms with Gasteiger partial charge in [0.2, 0.25) is 11.7 Å². The highest BCUT2D eigenvalue weighted by Gasteiger charge is 2.19. The molecule has 8 heteroatoms. The largest absolute Gasteiger partial charge is 0.480 e. The molecule has 0 radical (unpaired) electrons. The summed E-state index contributed by atoms with van der Waals surface area (Å²) in [4.78, 5) is 4.56. The Morgan fingerprint density at radius 2 is 1.72 bits per heavy atom. The highest BCUT2D eigenvalue weighted by molar-refractivity contribution is 5.80. The zero-order valence-corrected chi connectivity index (χ0v) is 18.0. The van der Waals surface area contributed by atoms with Crippen LogP contribution in [0.25, 0.3) is 28.2 Å². The number of nitrogens with one attached hydrogen (secondary N) is 1. The number of hydrogen-bond donors (Lipinski definition) is 1. The molecule has 0 bridgehead atoms. The predicted octanol–water partition coefficient (Wildman–Crippen LogP) is 4.23. The van der Waals surface area contributed by atoms with E-state index in [4.69, 9.17) is 9.47 Å². The summed E-state index contributed by atoms with van der Waals surface area (Å²) in [5.74, 6) is 1.14. The summed E-state index contributed by atoms with van der Waals surface area (Å²) in [5, 5.41) is 14.5. The maximum Gasteiger partial charge on any atom is 0.232 e. The Morgan fingerprint density at radius 3 is 2.41 bits per heavy atom. The van der Waals surface area contributed by atoms with Crippen molar-refractivity contribution >= 4 is 5.65 Å². The molecule has 0 saturated heterocycles. The molecule has 5 rings (SSSR count). The quantitative estimate of drug-likeness (QED) is 0.437. The molecule has 32 heavy (non-hydrogen) atoms. The van der Waals surface area contributed by atoms with Crippen molar-refractivity contribution in [3.05, 3.63) is 83.7 Å². The van der Waals surface area contributed by atoms with Crippen molar-refractivity contribution in [2.75, 3.05) is 14.2 Å². The van der Waals surface area contributed by atoms with Gasteiger partial charge in [0, 0.05) is 12.7 Å². The third-order valence-electron chi connectivity index (χ3n) is 5.57. The SMILES string of the molecule is COc1cn2c([C@H](OC)c3ccc(-c4ccccc4-c4nn[nH]n4)cc3)ccc(C)c2n1. The Morgan fingerprint density at radius 1 is 0.938 bits per heavy atom.